The van der Waals surface area contributed by atoms with Crippen LogP contribution in [-0.4, -0.2) is 16.8 Å². The number of carboxylic acid groups (broad SMARTS) is 1. The summed E-state index contributed by atoms with van der Waals surface area (Å²) in [5.74, 6) is 5.35. The minimum atomic E-state index is -0.908. The second-order valence-corrected chi connectivity index (χ2v) is 4.59. The Morgan fingerprint density at radius 1 is 1.60 bits per heavy atom. The molecule has 2 nitrogen and oxygen atoms in total. The summed E-state index contributed by atoms with van der Waals surface area (Å²) in [7, 11) is 0. The van der Waals surface area contributed by atoms with Crippen LogP contribution < -0.4 is 0 Å². The van der Waals surface area contributed by atoms with Crippen LogP contribution >= 0.6 is 27.7 Å². The van der Waals surface area contributed by atoms with Gasteiger partial charge in [0.1, 0.15) is 0 Å². The van der Waals surface area contributed by atoms with Crippen molar-refractivity contribution in [3.63, 3.8) is 0 Å². The van der Waals surface area contributed by atoms with Crippen molar-refractivity contribution in [1.82, 2.24) is 0 Å². The van der Waals surface area contributed by atoms with Crippen molar-refractivity contribution in [1.29, 1.82) is 0 Å². The van der Waals surface area contributed by atoms with Crippen LogP contribution in [0, 0.1) is 11.8 Å². The van der Waals surface area contributed by atoms with Crippen molar-refractivity contribution in [2.45, 2.75) is 11.8 Å². The Hall–Kier alpha value is -0.920. The van der Waals surface area contributed by atoms with Crippen LogP contribution in [0.2, 0.25) is 0 Å². The van der Waals surface area contributed by atoms with Gasteiger partial charge in [0, 0.05) is 9.37 Å². The van der Waals surface area contributed by atoms with Gasteiger partial charge in [0.15, 0.2) is 0 Å². The Morgan fingerprint density at radius 3 is 2.93 bits per heavy atom. The molecule has 0 spiro atoms. The van der Waals surface area contributed by atoms with E-state index in [1.54, 1.807) is 25.1 Å². The Balaban J connectivity index is 2.95. The van der Waals surface area contributed by atoms with Gasteiger partial charge in [0.05, 0.1) is 11.3 Å². The van der Waals surface area contributed by atoms with Gasteiger partial charge in [-0.2, -0.15) is 0 Å². The molecule has 0 amide bonds. The molecule has 78 valence electrons. The van der Waals surface area contributed by atoms with E-state index >= 15 is 0 Å². The first-order chi connectivity index (χ1) is 7.15. The number of halogens is 1. The molecule has 0 saturated carbocycles. The van der Waals surface area contributed by atoms with Crippen molar-refractivity contribution >= 4 is 33.7 Å². The van der Waals surface area contributed by atoms with Gasteiger partial charge in [0.25, 0.3) is 0 Å². The Bertz CT molecular complexity index is 432. The molecule has 0 aliphatic heterocycles. The monoisotopic (exact) mass is 284 g/mol. The molecule has 0 unspecified atom stereocenters. The maximum absolute atomic E-state index is 10.9. The first-order valence-corrected chi connectivity index (χ1v) is 5.98. The number of rotatable bonds is 3. The average molecular weight is 285 g/mol. The molecule has 15 heavy (non-hydrogen) atoms. The van der Waals surface area contributed by atoms with Crippen molar-refractivity contribution in [3.8, 4) is 11.8 Å². The number of aromatic carboxylic acids is 1. The summed E-state index contributed by atoms with van der Waals surface area (Å²) < 4.78 is 0.874. The van der Waals surface area contributed by atoms with Gasteiger partial charge in [-0.1, -0.05) is 21.9 Å². The summed E-state index contributed by atoms with van der Waals surface area (Å²) in [6.07, 6.45) is 0. The molecule has 0 aromatic heterocycles. The highest BCUT2D eigenvalue weighted by atomic mass is 79.9. The third kappa shape index (κ3) is 3.61. The van der Waals surface area contributed by atoms with E-state index in [1.165, 1.54) is 11.8 Å². The Kier molecular flexibility index (Phi) is 4.73. The van der Waals surface area contributed by atoms with Crippen molar-refractivity contribution in [2.24, 2.45) is 0 Å². The average Bonchev–Trinajstić information content (AvgIpc) is 2.18. The molecule has 4 heteroatoms. The van der Waals surface area contributed by atoms with E-state index in [2.05, 4.69) is 27.8 Å². The van der Waals surface area contributed by atoms with E-state index < -0.39 is 5.97 Å². The molecule has 0 aliphatic carbocycles. The molecular weight excluding hydrogens is 276 g/mol. The fraction of sp³-hybridized carbons (Fsp3) is 0.182. The number of thioether (sulfide) groups is 1. The number of benzene rings is 1. The zero-order valence-corrected chi connectivity index (χ0v) is 10.5. The summed E-state index contributed by atoms with van der Waals surface area (Å²) in [4.78, 5) is 11.6. The fourth-order valence-corrected chi connectivity index (χ4v) is 2.38. The standard InChI is InChI=1S/C11H9BrO2S/c1-2-3-6-15-10-7-8(12)4-5-9(10)11(13)14/h4-5,7H,6H2,1H3,(H,13,14). The number of carbonyl (C=O) groups is 1. The second-order valence-electron chi connectivity index (χ2n) is 2.66. The largest absolute Gasteiger partial charge is 0.478 e. The molecule has 0 radical (unpaired) electrons. The Morgan fingerprint density at radius 2 is 2.33 bits per heavy atom. The molecule has 1 aromatic carbocycles. The van der Waals surface area contributed by atoms with Gasteiger partial charge in [-0.3, -0.25) is 0 Å². The van der Waals surface area contributed by atoms with Crippen LogP contribution in [0.25, 0.3) is 0 Å². The summed E-state index contributed by atoms with van der Waals surface area (Å²) in [5, 5.41) is 8.95. The second kappa shape index (κ2) is 5.84. The SMILES string of the molecule is CC#CCSc1cc(Br)ccc1C(=O)O. The number of carboxylic acids is 1. The summed E-state index contributed by atoms with van der Waals surface area (Å²) >= 11 is 4.74. The summed E-state index contributed by atoms with van der Waals surface area (Å²) in [6.45, 7) is 1.76. The van der Waals surface area contributed by atoms with E-state index in [4.69, 9.17) is 5.11 Å². The van der Waals surface area contributed by atoms with Crippen LogP contribution in [0.4, 0.5) is 0 Å². The lowest BCUT2D eigenvalue weighted by Crippen LogP contribution is -1.98. The molecule has 1 aromatic rings. The van der Waals surface area contributed by atoms with Crippen LogP contribution in [-0.2, 0) is 0 Å². The van der Waals surface area contributed by atoms with Crippen LogP contribution in [0.3, 0.4) is 0 Å². The predicted molar refractivity (Wildman–Crippen MR) is 65.3 cm³/mol. The quantitative estimate of drug-likeness (QED) is 0.684. The molecule has 0 fully saturated rings. The normalized spacial score (nSPS) is 9.20. The first-order valence-electron chi connectivity index (χ1n) is 4.20. The smallest absolute Gasteiger partial charge is 0.336 e. The highest BCUT2D eigenvalue weighted by Gasteiger charge is 2.09. The fourth-order valence-electron chi connectivity index (χ4n) is 0.978. The third-order valence-corrected chi connectivity index (χ3v) is 3.08. The van der Waals surface area contributed by atoms with E-state index in [9.17, 15) is 4.79 Å². The van der Waals surface area contributed by atoms with Crippen molar-refractivity contribution < 1.29 is 9.90 Å². The maximum atomic E-state index is 10.9. The lowest BCUT2D eigenvalue weighted by Gasteiger charge is -2.03. The topological polar surface area (TPSA) is 37.3 Å². The highest BCUT2D eigenvalue weighted by molar-refractivity contribution is 9.10. The summed E-state index contributed by atoms with van der Waals surface area (Å²) in [5.41, 5.74) is 0.320. The molecule has 0 heterocycles. The minimum absolute atomic E-state index is 0.320. The molecular formula is C11H9BrO2S. The molecule has 1 N–H and O–H groups in total. The predicted octanol–water partition coefficient (Wildman–Crippen LogP) is 3.26. The van der Waals surface area contributed by atoms with Crippen molar-refractivity contribution in [2.75, 3.05) is 5.75 Å². The van der Waals surface area contributed by atoms with Crippen LogP contribution in [0.15, 0.2) is 27.6 Å². The van der Waals surface area contributed by atoms with E-state index in [-0.39, 0.29) is 0 Å². The maximum Gasteiger partial charge on any atom is 0.336 e. The molecule has 0 atom stereocenters. The van der Waals surface area contributed by atoms with Gasteiger partial charge >= 0.3 is 5.97 Å². The van der Waals surface area contributed by atoms with E-state index in [0.29, 0.717) is 11.3 Å². The lowest BCUT2D eigenvalue weighted by atomic mass is 10.2. The summed E-state index contributed by atoms with van der Waals surface area (Å²) in [6, 6.07) is 5.11. The molecule has 1 rings (SSSR count). The number of hydrogen-bond acceptors (Lipinski definition) is 2. The van der Waals surface area contributed by atoms with Gasteiger partial charge < -0.3 is 5.11 Å². The van der Waals surface area contributed by atoms with Crippen LogP contribution in [0.5, 0.6) is 0 Å². The zero-order valence-electron chi connectivity index (χ0n) is 8.08. The van der Waals surface area contributed by atoms with Crippen molar-refractivity contribution in [3.05, 3.63) is 28.2 Å². The van der Waals surface area contributed by atoms with E-state index in [0.717, 1.165) is 9.37 Å². The Labute approximate surface area is 101 Å². The van der Waals surface area contributed by atoms with Crippen LogP contribution in [0.1, 0.15) is 17.3 Å². The lowest BCUT2D eigenvalue weighted by molar-refractivity contribution is 0.0693. The van der Waals surface area contributed by atoms with E-state index in [1.807, 2.05) is 0 Å². The first kappa shape index (κ1) is 12.2. The highest BCUT2D eigenvalue weighted by Crippen LogP contribution is 2.26. The van der Waals surface area contributed by atoms with Gasteiger partial charge in [-0.25, -0.2) is 4.79 Å². The molecule has 0 bridgehead atoms. The third-order valence-electron chi connectivity index (χ3n) is 1.65. The van der Waals surface area contributed by atoms with Gasteiger partial charge in [-0.05, 0) is 25.1 Å². The molecule has 0 saturated heterocycles. The van der Waals surface area contributed by atoms with Gasteiger partial charge in [0.2, 0.25) is 0 Å². The zero-order chi connectivity index (χ0) is 11.3. The van der Waals surface area contributed by atoms with Gasteiger partial charge in [-0.15, -0.1) is 17.7 Å². The molecule has 0 aliphatic rings. The number of hydrogen-bond donors (Lipinski definition) is 1. The minimum Gasteiger partial charge on any atom is -0.478 e.